The average molecular weight is 219 g/mol. The van der Waals surface area contributed by atoms with Gasteiger partial charge < -0.3 is 0 Å². The summed E-state index contributed by atoms with van der Waals surface area (Å²) < 4.78 is 13.2. The van der Waals surface area contributed by atoms with Crippen LogP contribution in [0.5, 0.6) is 0 Å². The van der Waals surface area contributed by atoms with Gasteiger partial charge in [0.25, 0.3) is 0 Å². The summed E-state index contributed by atoms with van der Waals surface area (Å²) in [7, 11) is 0. The zero-order valence-electron chi connectivity index (χ0n) is 6.48. The van der Waals surface area contributed by atoms with Crippen molar-refractivity contribution in [1.29, 1.82) is 0 Å². The SMILES string of the molecule is C=CC(=O)c1cc(Cl)cc(Cl)c1F. The Morgan fingerprint density at radius 1 is 1.46 bits per heavy atom. The molecule has 68 valence electrons. The van der Waals surface area contributed by atoms with E-state index in [9.17, 15) is 9.18 Å². The largest absolute Gasteiger partial charge is 0.289 e. The van der Waals surface area contributed by atoms with Gasteiger partial charge in [-0.25, -0.2) is 4.39 Å². The van der Waals surface area contributed by atoms with Crippen molar-refractivity contribution in [2.24, 2.45) is 0 Å². The Labute approximate surface area is 84.8 Å². The first kappa shape index (κ1) is 10.2. The molecular formula is C9H5Cl2FO. The Balaban J connectivity index is 3.36. The zero-order chi connectivity index (χ0) is 10.0. The molecule has 13 heavy (non-hydrogen) atoms. The number of halogens is 3. The van der Waals surface area contributed by atoms with Crippen molar-refractivity contribution in [2.75, 3.05) is 0 Å². The molecule has 0 N–H and O–H groups in total. The summed E-state index contributed by atoms with van der Waals surface area (Å²) in [5, 5.41) is 0.0503. The second-order valence-corrected chi connectivity index (χ2v) is 3.16. The van der Waals surface area contributed by atoms with Crippen molar-refractivity contribution >= 4 is 29.0 Å². The minimum Gasteiger partial charge on any atom is -0.289 e. The molecule has 0 amide bonds. The quantitative estimate of drug-likeness (QED) is 0.422. The fraction of sp³-hybridized carbons (Fsp3) is 0. The topological polar surface area (TPSA) is 17.1 Å². The Morgan fingerprint density at radius 2 is 2.08 bits per heavy atom. The molecule has 0 saturated carbocycles. The van der Waals surface area contributed by atoms with E-state index in [1.165, 1.54) is 12.1 Å². The molecule has 0 aromatic heterocycles. The summed E-state index contributed by atoms with van der Waals surface area (Å²) in [5.74, 6) is -1.31. The molecule has 0 saturated heterocycles. The van der Waals surface area contributed by atoms with Gasteiger partial charge in [-0.3, -0.25) is 4.79 Å². The number of benzene rings is 1. The second kappa shape index (κ2) is 3.90. The van der Waals surface area contributed by atoms with Crippen LogP contribution in [0.2, 0.25) is 10.0 Å². The fourth-order valence-corrected chi connectivity index (χ4v) is 1.34. The predicted octanol–water partition coefficient (Wildman–Crippen LogP) is 3.50. The molecule has 0 spiro atoms. The van der Waals surface area contributed by atoms with E-state index in [0.717, 1.165) is 6.08 Å². The van der Waals surface area contributed by atoms with Crippen LogP contribution >= 0.6 is 23.2 Å². The molecule has 0 radical (unpaired) electrons. The maximum absolute atomic E-state index is 13.2. The van der Waals surface area contributed by atoms with Gasteiger partial charge in [-0.15, -0.1) is 0 Å². The van der Waals surface area contributed by atoms with E-state index in [4.69, 9.17) is 23.2 Å². The lowest BCUT2D eigenvalue weighted by atomic mass is 10.1. The van der Waals surface area contributed by atoms with Crippen molar-refractivity contribution in [3.63, 3.8) is 0 Å². The molecule has 4 heteroatoms. The third-order valence-corrected chi connectivity index (χ3v) is 1.94. The zero-order valence-corrected chi connectivity index (χ0v) is 7.99. The van der Waals surface area contributed by atoms with Crippen LogP contribution in [0, 0.1) is 5.82 Å². The summed E-state index contributed by atoms with van der Waals surface area (Å²) in [6.45, 7) is 3.24. The van der Waals surface area contributed by atoms with Crippen molar-refractivity contribution in [3.05, 3.63) is 46.2 Å². The maximum atomic E-state index is 13.2. The minimum atomic E-state index is -0.768. The number of carbonyl (C=O) groups excluding carboxylic acids is 1. The number of ketones is 1. The van der Waals surface area contributed by atoms with Gasteiger partial charge in [-0.05, 0) is 18.2 Å². The van der Waals surface area contributed by atoms with Crippen LogP contribution in [-0.4, -0.2) is 5.78 Å². The highest BCUT2D eigenvalue weighted by atomic mass is 35.5. The van der Waals surface area contributed by atoms with E-state index in [2.05, 4.69) is 6.58 Å². The van der Waals surface area contributed by atoms with Crippen LogP contribution in [0.4, 0.5) is 4.39 Å². The molecule has 0 aliphatic carbocycles. The maximum Gasteiger partial charge on any atom is 0.188 e. The van der Waals surface area contributed by atoms with E-state index in [0.29, 0.717) is 0 Å². The molecule has 0 aliphatic heterocycles. The van der Waals surface area contributed by atoms with Gasteiger partial charge in [0.05, 0.1) is 10.6 Å². The Hall–Kier alpha value is -0.860. The molecule has 1 rings (SSSR count). The van der Waals surface area contributed by atoms with Crippen LogP contribution in [0.15, 0.2) is 24.8 Å². The first-order valence-corrected chi connectivity index (χ1v) is 4.13. The second-order valence-electron chi connectivity index (χ2n) is 2.32. The standard InChI is InChI=1S/C9H5Cl2FO/c1-2-8(13)6-3-5(10)4-7(11)9(6)12/h2-4H,1H2. The Bertz CT molecular complexity index is 374. The highest BCUT2D eigenvalue weighted by Gasteiger charge is 2.12. The van der Waals surface area contributed by atoms with Crippen molar-refractivity contribution in [3.8, 4) is 0 Å². The molecule has 0 heterocycles. The van der Waals surface area contributed by atoms with Crippen LogP contribution in [-0.2, 0) is 0 Å². The van der Waals surface area contributed by atoms with Crippen molar-refractivity contribution < 1.29 is 9.18 Å². The van der Waals surface area contributed by atoms with Gasteiger partial charge in [0.1, 0.15) is 0 Å². The van der Waals surface area contributed by atoms with Crippen LogP contribution < -0.4 is 0 Å². The normalized spacial score (nSPS) is 9.77. The third-order valence-electron chi connectivity index (χ3n) is 1.44. The third kappa shape index (κ3) is 2.08. The van der Waals surface area contributed by atoms with E-state index in [1.807, 2.05) is 0 Å². The summed E-state index contributed by atoms with van der Waals surface area (Å²) in [5.41, 5.74) is -0.160. The lowest BCUT2D eigenvalue weighted by Gasteiger charge is -2.01. The first-order chi connectivity index (χ1) is 6.06. The predicted molar refractivity (Wildman–Crippen MR) is 50.9 cm³/mol. The van der Waals surface area contributed by atoms with Crippen LogP contribution in [0.1, 0.15) is 10.4 Å². The molecular weight excluding hydrogens is 214 g/mol. The van der Waals surface area contributed by atoms with Gasteiger partial charge in [0.15, 0.2) is 11.6 Å². The van der Waals surface area contributed by atoms with Gasteiger partial charge in [-0.1, -0.05) is 29.8 Å². The fourth-order valence-electron chi connectivity index (χ4n) is 0.845. The summed E-state index contributed by atoms with van der Waals surface area (Å²) in [4.78, 5) is 11.1. The summed E-state index contributed by atoms with van der Waals surface area (Å²) >= 11 is 11.1. The van der Waals surface area contributed by atoms with E-state index >= 15 is 0 Å². The molecule has 0 fully saturated rings. The molecule has 0 unspecified atom stereocenters. The number of allylic oxidation sites excluding steroid dienone is 1. The lowest BCUT2D eigenvalue weighted by molar-refractivity contribution is 0.104. The van der Waals surface area contributed by atoms with Gasteiger partial charge in [0.2, 0.25) is 0 Å². The molecule has 1 aromatic rings. The van der Waals surface area contributed by atoms with Gasteiger partial charge >= 0.3 is 0 Å². The summed E-state index contributed by atoms with van der Waals surface area (Å²) in [6, 6.07) is 2.45. The van der Waals surface area contributed by atoms with Gasteiger partial charge in [0, 0.05) is 5.02 Å². The Morgan fingerprint density at radius 3 is 2.62 bits per heavy atom. The number of carbonyl (C=O) groups is 1. The Kier molecular flexibility index (Phi) is 3.07. The average Bonchev–Trinajstić information content (AvgIpc) is 2.10. The first-order valence-electron chi connectivity index (χ1n) is 3.37. The van der Waals surface area contributed by atoms with Crippen molar-refractivity contribution in [2.45, 2.75) is 0 Å². The summed E-state index contributed by atoms with van der Waals surface area (Å²) in [6.07, 6.45) is 1.01. The highest BCUT2D eigenvalue weighted by Crippen LogP contribution is 2.24. The smallest absolute Gasteiger partial charge is 0.188 e. The van der Waals surface area contributed by atoms with E-state index < -0.39 is 11.6 Å². The molecule has 1 nitrogen and oxygen atoms in total. The minimum absolute atomic E-state index is 0.160. The van der Waals surface area contributed by atoms with Crippen LogP contribution in [0.3, 0.4) is 0 Å². The number of hydrogen-bond donors (Lipinski definition) is 0. The molecule has 0 atom stereocenters. The van der Waals surface area contributed by atoms with E-state index in [-0.39, 0.29) is 15.6 Å². The number of rotatable bonds is 2. The lowest BCUT2D eigenvalue weighted by Crippen LogP contribution is -1.98. The molecule has 1 aromatic carbocycles. The van der Waals surface area contributed by atoms with E-state index in [1.54, 1.807) is 0 Å². The van der Waals surface area contributed by atoms with Crippen LogP contribution in [0.25, 0.3) is 0 Å². The van der Waals surface area contributed by atoms with Crippen molar-refractivity contribution in [1.82, 2.24) is 0 Å². The molecule has 0 aliphatic rings. The van der Waals surface area contributed by atoms with Gasteiger partial charge in [-0.2, -0.15) is 0 Å². The monoisotopic (exact) mass is 218 g/mol. The number of hydrogen-bond acceptors (Lipinski definition) is 1. The highest BCUT2D eigenvalue weighted by molar-refractivity contribution is 6.35. The molecule has 0 bridgehead atoms.